The monoisotopic (exact) mass is 284 g/mol. The van der Waals surface area contributed by atoms with Crippen molar-refractivity contribution < 1.29 is 13.7 Å². The van der Waals surface area contributed by atoms with Gasteiger partial charge in [-0.25, -0.2) is 4.39 Å². The first kappa shape index (κ1) is 13.3. The minimum atomic E-state index is -0.340. The van der Waals surface area contributed by atoms with E-state index >= 15 is 0 Å². The quantitative estimate of drug-likeness (QED) is 0.728. The van der Waals surface area contributed by atoms with Crippen molar-refractivity contribution in [2.24, 2.45) is 0 Å². The average Bonchev–Trinajstić information content (AvgIpc) is 2.98. The van der Waals surface area contributed by atoms with Crippen molar-refractivity contribution in [1.82, 2.24) is 10.1 Å². The number of benzene rings is 2. The minimum absolute atomic E-state index is 0.290. The topological polar surface area (TPSA) is 48.2 Å². The fourth-order valence-corrected chi connectivity index (χ4v) is 1.95. The Labute approximate surface area is 121 Å². The fourth-order valence-electron chi connectivity index (χ4n) is 1.95. The lowest BCUT2D eigenvalue weighted by Gasteiger charge is -2.02. The molecule has 106 valence electrons. The van der Waals surface area contributed by atoms with E-state index in [0.29, 0.717) is 23.9 Å². The van der Waals surface area contributed by atoms with Crippen LogP contribution in [0.2, 0.25) is 0 Å². The fraction of sp³-hybridized carbons (Fsp3) is 0.125. The van der Waals surface area contributed by atoms with Crippen LogP contribution >= 0.6 is 0 Å². The highest BCUT2D eigenvalue weighted by Crippen LogP contribution is 2.24. The maximum Gasteiger partial charge on any atom is 0.258 e. The van der Waals surface area contributed by atoms with Gasteiger partial charge in [-0.3, -0.25) is 0 Å². The molecule has 21 heavy (non-hydrogen) atoms. The van der Waals surface area contributed by atoms with Gasteiger partial charge in [0.1, 0.15) is 11.6 Å². The SMILES string of the molecule is CCOc1ccc(-c2noc(-c3cccc(F)c3)n2)cc1. The Morgan fingerprint density at radius 1 is 1.10 bits per heavy atom. The summed E-state index contributed by atoms with van der Waals surface area (Å²) in [6, 6.07) is 13.4. The molecule has 2 aromatic carbocycles. The van der Waals surface area contributed by atoms with Crippen LogP contribution < -0.4 is 4.74 Å². The van der Waals surface area contributed by atoms with Gasteiger partial charge in [-0.2, -0.15) is 4.98 Å². The van der Waals surface area contributed by atoms with Gasteiger partial charge in [0, 0.05) is 11.1 Å². The highest BCUT2D eigenvalue weighted by molar-refractivity contribution is 5.60. The van der Waals surface area contributed by atoms with Crippen molar-refractivity contribution in [3.8, 4) is 28.6 Å². The van der Waals surface area contributed by atoms with Gasteiger partial charge >= 0.3 is 0 Å². The van der Waals surface area contributed by atoms with Gasteiger partial charge in [0.05, 0.1) is 6.61 Å². The number of rotatable bonds is 4. The molecule has 4 nitrogen and oxygen atoms in total. The van der Waals surface area contributed by atoms with E-state index in [0.717, 1.165) is 11.3 Å². The summed E-state index contributed by atoms with van der Waals surface area (Å²) in [5, 5.41) is 3.92. The maximum atomic E-state index is 13.2. The Morgan fingerprint density at radius 2 is 1.90 bits per heavy atom. The first-order chi connectivity index (χ1) is 10.3. The molecule has 0 spiro atoms. The van der Waals surface area contributed by atoms with Crippen molar-refractivity contribution in [3.05, 3.63) is 54.3 Å². The van der Waals surface area contributed by atoms with Crippen molar-refractivity contribution in [2.45, 2.75) is 6.92 Å². The van der Waals surface area contributed by atoms with Gasteiger partial charge in [0.25, 0.3) is 5.89 Å². The molecular weight excluding hydrogens is 271 g/mol. The van der Waals surface area contributed by atoms with E-state index in [4.69, 9.17) is 9.26 Å². The predicted octanol–water partition coefficient (Wildman–Crippen LogP) is 3.94. The Morgan fingerprint density at radius 3 is 2.62 bits per heavy atom. The first-order valence-electron chi connectivity index (χ1n) is 6.59. The number of ether oxygens (including phenoxy) is 1. The lowest BCUT2D eigenvalue weighted by molar-refractivity contribution is 0.340. The van der Waals surface area contributed by atoms with Crippen LogP contribution in [-0.4, -0.2) is 16.7 Å². The summed E-state index contributed by atoms with van der Waals surface area (Å²) in [4.78, 5) is 4.28. The third-order valence-electron chi connectivity index (χ3n) is 2.92. The maximum absolute atomic E-state index is 13.2. The second kappa shape index (κ2) is 5.75. The molecule has 0 saturated heterocycles. The summed E-state index contributed by atoms with van der Waals surface area (Å²) in [5.41, 5.74) is 1.37. The van der Waals surface area contributed by atoms with Crippen molar-refractivity contribution in [2.75, 3.05) is 6.61 Å². The third-order valence-corrected chi connectivity index (χ3v) is 2.92. The molecule has 0 atom stereocenters. The number of halogens is 1. The molecule has 3 aromatic rings. The van der Waals surface area contributed by atoms with Crippen LogP contribution in [0.5, 0.6) is 5.75 Å². The molecule has 3 rings (SSSR count). The van der Waals surface area contributed by atoms with Crippen LogP contribution in [0.25, 0.3) is 22.8 Å². The summed E-state index contributed by atoms with van der Waals surface area (Å²) >= 11 is 0. The lowest BCUT2D eigenvalue weighted by Crippen LogP contribution is -1.90. The van der Waals surface area contributed by atoms with E-state index in [9.17, 15) is 4.39 Å². The van der Waals surface area contributed by atoms with E-state index < -0.39 is 0 Å². The molecule has 0 saturated carbocycles. The second-order valence-electron chi connectivity index (χ2n) is 4.39. The van der Waals surface area contributed by atoms with Crippen LogP contribution in [0.15, 0.2) is 53.1 Å². The second-order valence-corrected chi connectivity index (χ2v) is 4.39. The lowest BCUT2D eigenvalue weighted by atomic mass is 10.2. The van der Waals surface area contributed by atoms with Gasteiger partial charge in [0.2, 0.25) is 5.82 Å². The molecule has 0 unspecified atom stereocenters. The number of hydrogen-bond acceptors (Lipinski definition) is 4. The minimum Gasteiger partial charge on any atom is -0.494 e. The van der Waals surface area contributed by atoms with E-state index in [2.05, 4.69) is 10.1 Å². The Hall–Kier alpha value is -2.69. The molecule has 1 heterocycles. The van der Waals surface area contributed by atoms with Crippen LogP contribution in [0, 0.1) is 5.82 Å². The Balaban J connectivity index is 1.87. The number of hydrogen-bond donors (Lipinski definition) is 0. The average molecular weight is 284 g/mol. The third kappa shape index (κ3) is 2.91. The van der Waals surface area contributed by atoms with E-state index in [-0.39, 0.29) is 5.82 Å². The molecule has 0 fully saturated rings. The predicted molar refractivity (Wildman–Crippen MR) is 76.3 cm³/mol. The van der Waals surface area contributed by atoms with Gasteiger partial charge in [-0.1, -0.05) is 11.2 Å². The van der Waals surface area contributed by atoms with E-state index in [1.807, 2.05) is 31.2 Å². The smallest absolute Gasteiger partial charge is 0.258 e. The normalized spacial score (nSPS) is 10.6. The molecule has 0 aliphatic carbocycles. The zero-order chi connectivity index (χ0) is 14.7. The zero-order valence-corrected chi connectivity index (χ0v) is 11.4. The van der Waals surface area contributed by atoms with Gasteiger partial charge in [0.15, 0.2) is 0 Å². The standard InChI is InChI=1S/C16H13FN2O2/c1-2-20-14-8-6-11(7-9-14)15-18-16(21-19-15)12-4-3-5-13(17)10-12/h3-10H,2H2,1H3. The molecule has 5 heteroatoms. The summed E-state index contributed by atoms with van der Waals surface area (Å²) in [6.07, 6.45) is 0. The van der Waals surface area contributed by atoms with Crippen LogP contribution in [0.3, 0.4) is 0 Å². The molecule has 0 N–H and O–H groups in total. The Bertz CT molecular complexity index is 738. The highest BCUT2D eigenvalue weighted by atomic mass is 19.1. The summed E-state index contributed by atoms with van der Waals surface area (Å²) < 4.78 is 23.8. The molecule has 0 bridgehead atoms. The van der Waals surface area contributed by atoms with Crippen molar-refractivity contribution >= 4 is 0 Å². The Kier molecular flexibility index (Phi) is 3.64. The van der Waals surface area contributed by atoms with Crippen LogP contribution in [-0.2, 0) is 0 Å². The molecule has 1 aromatic heterocycles. The molecule has 0 radical (unpaired) electrons. The van der Waals surface area contributed by atoms with Crippen molar-refractivity contribution in [3.63, 3.8) is 0 Å². The highest BCUT2D eigenvalue weighted by Gasteiger charge is 2.11. The molecule has 0 amide bonds. The van der Waals surface area contributed by atoms with Gasteiger partial charge in [-0.15, -0.1) is 0 Å². The summed E-state index contributed by atoms with van der Waals surface area (Å²) in [5.74, 6) is 1.19. The zero-order valence-electron chi connectivity index (χ0n) is 11.4. The number of aromatic nitrogens is 2. The van der Waals surface area contributed by atoms with Gasteiger partial charge in [-0.05, 0) is 49.4 Å². The van der Waals surface area contributed by atoms with Crippen molar-refractivity contribution in [1.29, 1.82) is 0 Å². The largest absolute Gasteiger partial charge is 0.494 e. The van der Waals surface area contributed by atoms with Crippen LogP contribution in [0.1, 0.15) is 6.92 Å². The van der Waals surface area contributed by atoms with E-state index in [1.54, 1.807) is 12.1 Å². The van der Waals surface area contributed by atoms with Crippen LogP contribution in [0.4, 0.5) is 4.39 Å². The summed E-state index contributed by atoms with van der Waals surface area (Å²) in [7, 11) is 0. The molecule has 0 aliphatic heterocycles. The molecular formula is C16H13FN2O2. The number of nitrogens with zero attached hydrogens (tertiary/aromatic N) is 2. The van der Waals surface area contributed by atoms with E-state index in [1.165, 1.54) is 12.1 Å². The molecule has 0 aliphatic rings. The summed E-state index contributed by atoms with van der Waals surface area (Å²) in [6.45, 7) is 2.55. The first-order valence-corrected chi connectivity index (χ1v) is 6.59. The van der Waals surface area contributed by atoms with Gasteiger partial charge < -0.3 is 9.26 Å².